The summed E-state index contributed by atoms with van der Waals surface area (Å²) in [5.74, 6) is 0. The maximum Gasteiger partial charge on any atom is 0.0975 e. The SMILES string of the molecule is CCCNC(C#N)CCOC1CCC(C)(C)CC1. The van der Waals surface area contributed by atoms with Crippen molar-refractivity contribution in [2.45, 2.75) is 71.4 Å². The van der Waals surface area contributed by atoms with E-state index in [4.69, 9.17) is 10.00 Å². The van der Waals surface area contributed by atoms with Crippen LogP contribution in [0, 0.1) is 16.7 Å². The molecule has 3 nitrogen and oxygen atoms in total. The highest BCUT2D eigenvalue weighted by Crippen LogP contribution is 2.36. The van der Waals surface area contributed by atoms with Crippen LogP contribution in [0.4, 0.5) is 0 Å². The molecule has 1 aliphatic rings. The van der Waals surface area contributed by atoms with Gasteiger partial charge in [0.2, 0.25) is 0 Å². The molecule has 1 saturated carbocycles. The van der Waals surface area contributed by atoms with Crippen LogP contribution >= 0.6 is 0 Å². The average molecular weight is 252 g/mol. The lowest BCUT2D eigenvalue weighted by molar-refractivity contribution is 0.00203. The topological polar surface area (TPSA) is 45.0 Å². The van der Waals surface area contributed by atoms with E-state index in [2.05, 4.69) is 32.2 Å². The van der Waals surface area contributed by atoms with Crippen molar-refractivity contribution in [3.8, 4) is 6.07 Å². The highest BCUT2D eigenvalue weighted by Gasteiger charge is 2.27. The summed E-state index contributed by atoms with van der Waals surface area (Å²) in [6.45, 7) is 8.41. The zero-order valence-corrected chi connectivity index (χ0v) is 12.2. The van der Waals surface area contributed by atoms with Crippen LogP contribution < -0.4 is 5.32 Å². The van der Waals surface area contributed by atoms with E-state index in [9.17, 15) is 0 Å². The van der Waals surface area contributed by atoms with Gasteiger partial charge in [-0.25, -0.2) is 0 Å². The van der Waals surface area contributed by atoms with Gasteiger partial charge in [-0.15, -0.1) is 0 Å². The molecule has 1 rings (SSSR count). The molecular weight excluding hydrogens is 224 g/mol. The minimum Gasteiger partial charge on any atom is -0.378 e. The second kappa shape index (κ2) is 7.76. The lowest BCUT2D eigenvalue weighted by atomic mass is 9.76. The normalized spacial score (nSPS) is 21.4. The van der Waals surface area contributed by atoms with Gasteiger partial charge in [-0.05, 0) is 50.5 Å². The van der Waals surface area contributed by atoms with Gasteiger partial charge >= 0.3 is 0 Å². The van der Waals surface area contributed by atoms with Crippen molar-refractivity contribution in [2.24, 2.45) is 5.41 Å². The molecule has 0 saturated heterocycles. The third-order valence-corrected chi connectivity index (χ3v) is 3.84. The molecule has 1 N–H and O–H groups in total. The van der Waals surface area contributed by atoms with Crippen LogP contribution in [0.5, 0.6) is 0 Å². The van der Waals surface area contributed by atoms with E-state index in [1.54, 1.807) is 0 Å². The third kappa shape index (κ3) is 5.84. The van der Waals surface area contributed by atoms with Crippen molar-refractivity contribution in [3.63, 3.8) is 0 Å². The molecule has 104 valence electrons. The van der Waals surface area contributed by atoms with Gasteiger partial charge in [-0.1, -0.05) is 20.8 Å². The Morgan fingerprint density at radius 2 is 2.06 bits per heavy atom. The van der Waals surface area contributed by atoms with Gasteiger partial charge in [0.1, 0.15) is 0 Å². The van der Waals surface area contributed by atoms with Crippen molar-refractivity contribution in [2.75, 3.05) is 13.2 Å². The number of nitrogens with one attached hydrogen (secondary N) is 1. The second-order valence-electron chi connectivity index (χ2n) is 6.16. The van der Waals surface area contributed by atoms with E-state index < -0.39 is 0 Å². The van der Waals surface area contributed by atoms with Crippen LogP contribution in [0.15, 0.2) is 0 Å². The summed E-state index contributed by atoms with van der Waals surface area (Å²) in [6.07, 6.45) is 7.15. The summed E-state index contributed by atoms with van der Waals surface area (Å²) in [5, 5.41) is 12.2. The van der Waals surface area contributed by atoms with Gasteiger partial charge in [0.25, 0.3) is 0 Å². The zero-order valence-electron chi connectivity index (χ0n) is 12.2. The minimum atomic E-state index is -0.0509. The molecule has 0 aliphatic heterocycles. The quantitative estimate of drug-likeness (QED) is 0.756. The van der Waals surface area contributed by atoms with Crippen molar-refractivity contribution in [3.05, 3.63) is 0 Å². The van der Waals surface area contributed by atoms with Gasteiger partial charge in [-0.3, -0.25) is 0 Å². The Morgan fingerprint density at radius 1 is 1.39 bits per heavy atom. The lowest BCUT2D eigenvalue weighted by Crippen LogP contribution is -2.31. The standard InChI is InChI=1S/C15H28N2O/c1-4-10-17-13(12-16)7-11-18-14-5-8-15(2,3)9-6-14/h13-14,17H,4-11H2,1-3H3. The summed E-state index contributed by atoms with van der Waals surface area (Å²) in [4.78, 5) is 0. The monoisotopic (exact) mass is 252 g/mol. The Kier molecular flexibility index (Phi) is 6.67. The maximum atomic E-state index is 8.99. The molecule has 0 aromatic rings. The fourth-order valence-corrected chi connectivity index (χ4v) is 2.42. The fraction of sp³-hybridized carbons (Fsp3) is 0.933. The van der Waals surface area contributed by atoms with Crippen LogP contribution in [0.3, 0.4) is 0 Å². The van der Waals surface area contributed by atoms with Crippen molar-refractivity contribution in [1.29, 1.82) is 5.26 Å². The molecule has 1 unspecified atom stereocenters. The van der Waals surface area contributed by atoms with E-state index >= 15 is 0 Å². The smallest absolute Gasteiger partial charge is 0.0975 e. The van der Waals surface area contributed by atoms with Crippen molar-refractivity contribution in [1.82, 2.24) is 5.32 Å². The first-order chi connectivity index (χ1) is 8.57. The number of nitrogens with zero attached hydrogens (tertiary/aromatic N) is 1. The Labute approximate surface area is 112 Å². The first kappa shape index (κ1) is 15.5. The van der Waals surface area contributed by atoms with Gasteiger partial charge in [0.05, 0.1) is 18.2 Å². The molecule has 0 amide bonds. The molecule has 0 radical (unpaired) electrons. The van der Waals surface area contributed by atoms with E-state index in [0.717, 1.165) is 19.4 Å². The highest BCUT2D eigenvalue weighted by atomic mass is 16.5. The van der Waals surface area contributed by atoms with Gasteiger partial charge in [0.15, 0.2) is 0 Å². The summed E-state index contributed by atoms with van der Waals surface area (Å²) < 4.78 is 5.90. The van der Waals surface area contributed by atoms with Crippen LogP contribution in [-0.4, -0.2) is 25.3 Å². The van der Waals surface area contributed by atoms with Crippen LogP contribution in [-0.2, 0) is 4.74 Å². The molecular formula is C15H28N2O. The predicted molar refractivity (Wildman–Crippen MR) is 74.3 cm³/mol. The first-order valence-corrected chi connectivity index (χ1v) is 7.32. The zero-order chi connectivity index (χ0) is 13.4. The van der Waals surface area contributed by atoms with Gasteiger partial charge in [-0.2, -0.15) is 5.26 Å². The Hall–Kier alpha value is -0.590. The highest BCUT2D eigenvalue weighted by molar-refractivity contribution is 4.89. The van der Waals surface area contributed by atoms with Crippen molar-refractivity contribution >= 4 is 0 Å². The number of nitriles is 1. The fourth-order valence-electron chi connectivity index (χ4n) is 2.42. The Balaban J connectivity index is 2.12. The molecule has 0 aromatic heterocycles. The Morgan fingerprint density at radius 3 is 2.61 bits per heavy atom. The molecule has 0 aromatic carbocycles. The molecule has 1 aliphatic carbocycles. The van der Waals surface area contributed by atoms with E-state index in [1.165, 1.54) is 25.7 Å². The van der Waals surface area contributed by atoms with Crippen LogP contribution in [0.25, 0.3) is 0 Å². The lowest BCUT2D eigenvalue weighted by Gasteiger charge is -2.34. The Bertz CT molecular complexity index is 260. The summed E-state index contributed by atoms with van der Waals surface area (Å²) in [6, 6.07) is 2.25. The average Bonchev–Trinajstić information content (AvgIpc) is 2.35. The number of hydrogen-bond donors (Lipinski definition) is 1. The molecule has 0 bridgehead atoms. The summed E-state index contributed by atoms with van der Waals surface area (Å²) >= 11 is 0. The van der Waals surface area contributed by atoms with Gasteiger partial charge < -0.3 is 10.1 Å². The molecule has 18 heavy (non-hydrogen) atoms. The van der Waals surface area contributed by atoms with Crippen molar-refractivity contribution < 1.29 is 4.74 Å². The molecule has 1 fully saturated rings. The third-order valence-electron chi connectivity index (χ3n) is 3.84. The predicted octanol–water partition coefficient (Wildman–Crippen LogP) is 3.25. The van der Waals surface area contributed by atoms with E-state index in [1.807, 2.05) is 0 Å². The number of rotatable bonds is 7. The number of ether oxygens (including phenoxy) is 1. The van der Waals surface area contributed by atoms with E-state index in [0.29, 0.717) is 18.1 Å². The molecule has 1 atom stereocenters. The molecule has 0 heterocycles. The summed E-state index contributed by atoms with van der Waals surface area (Å²) in [7, 11) is 0. The summed E-state index contributed by atoms with van der Waals surface area (Å²) in [5.41, 5.74) is 0.498. The maximum absolute atomic E-state index is 8.99. The van der Waals surface area contributed by atoms with Gasteiger partial charge in [0, 0.05) is 6.61 Å². The minimum absolute atomic E-state index is 0.0509. The first-order valence-electron chi connectivity index (χ1n) is 7.32. The second-order valence-corrected chi connectivity index (χ2v) is 6.16. The van der Waals surface area contributed by atoms with Crippen LogP contribution in [0.2, 0.25) is 0 Å². The molecule has 3 heteroatoms. The largest absolute Gasteiger partial charge is 0.378 e. The van der Waals surface area contributed by atoms with Crippen LogP contribution in [0.1, 0.15) is 59.3 Å². The van der Waals surface area contributed by atoms with E-state index in [-0.39, 0.29) is 6.04 Å². The molecule has 0 spiro atoms. The number of hydrogen-bond acceptors (Lipinski definition) is 3.